The lowest BCUT2D eigenvalue weighted by Crippen LogP contribution is -2.09. The molecular weight excluding hydrogens is 735 g/mol. The number of benzene rings is 11. The van der Waals surface area contributed by atoms with Gasteiger partial charge in [0.05, 0.1) is 11.0 Å². The summed E-state index contributed by atoms with van der Waals surface area (Å²) in [5.41, 5.74) is 6.85. The Kier molecular flexibility index (Phi) is 7.29. The minimum absolute atomic E-state index is 0.104. The van der Waals surface area contributed by atoms with E-state index in [2.05, 4.69) is 42.5 Å². The molecule has 11 rings (SSSR count). The van der Waals surface area contributed by atoms with Crippen molar-refractivity contribution in [3.63, 3.8) is 0 Å². The van der Waals surface area contributed by atoms with Crippen molar-refractivity contribution in [2.75, 3.05) is 4.90 Å². The SMILES string of the molecule is [2H]c1c([2H])c(N(c2ccc(-c3cccc(-c4cccc5ccccc45)c3)cc2)c2c([2H])c([2H])c(-c3ccc4c(ccc5ccccc54)c3)c([2H])c2[2H])c([2H])c([2H])c1-c1cccc(-c2ccccc2)c1. The molecule has 0 heterocycles. The summed E-state index contributed by atoms with van der Waals surface area (Å²) in [5.74, 6) is 0. The molecule has 0 radical (unpaired) electrons. The zero-order valence-electron chi connectivity index (χ0n) is 41.0. The Labute approximate surface area is 368 Å². The van der Waals surface area contributed by atoms with Gasteiger partial charge >= 0.3 is 0 Å². The first-order valence-corrected chi connectivity index (χ1v) is 20.3. The van der Waals surface area contributed by atoms with Gasteiger partial charge in [-0.25, -0.2) is 0 Å². The molecule has 1 heteroatoms. The first-order chi connectivity index (χ1) is 33.6. The molecule has 0 aliphatic rings. The molecule has 11 aromatic rings. The van der Waals surface area contributed by atoms with E-state index < -0.39 is 24.2 Å². The maximum Gasteiger partial charge on any atom is 0.0645 e. The number of hydrogen-bond acceptors (Lipinski definition) is 1. The van der Waals surface area contributed by atoms with Gasteiger partial charge in [0.1, 0.15) is 0 Å². The molecule has 0 aliphatic carbocycles. The average Bonchev–Trinajstić information content (AvgIpc) is 3.39. The van der Waals surface area contributed by atoms with Gasteiger partial charge in [-0.2, -0.15) is 0 Å². The van der Waals surface area contributed by atoms with Gasteiger partial charge in [-0.15, -0.1) is 0 Å². The fourth-order valence-corrected chi connectivity index (χ4v) is 8.29. The van der Waals surface area contributed by atoms with Crippen LogP contribution in [0.2, 0.25) is 0 Å². The van der Waals surface area contributed by atoms with Crippen LogP contribution in [0.5, 0.6) is 0 Å². The molecule has 0 N–H and O–H groups in total. The summed E-state index contributed by atoms with van der Waals surface area (Å²) in [5, 5.41) is 6.30. The smallest absolute Gasteiger partial charge is 0.0645 e. The first kappa shape index (κ1) is 28.4. The topological polar surface area (TPSA) is 3.24 Å². The fraction of sp³-hybridized carbons (Fsp3) is 0. The molecule has 0 unspecified atom stereocenters. The summed E-state index contributed by atoms with van der Waals surface area (Å²) < 4.78 is 76.5. The van der Waals surface area contributed by atoms with Crippen LogP contribution < -0.4 is 4.90 Å². The van der Waals surface area contributed by atoms with E-state index in [1.54, 1.807) is 18.2 Å². The van der Waals surface area contributed by atoms with E-state index in [1.807, 2.05) is 140 Å². The predicted octanol–water partition coefficient (Wildman–Crippen LogP) is 17.0. The second-order valence-electron chi connectivity index (χ2n) is 15.1. The highest BCUT2D eigenvalue weighted by atomic mass is 15.1. The zero-order valence-corrected chi connectivity index (χ0v) is 33.0. The van der Waals surface area contributed by atoms with Gasteiger partial charge in [0.25, 0.3) is 0 Å². The number of fused-ring (bicyclic) bond motifs is 4. The summed E-state index contributed by atoms with van der Waals surface area (Å²) in [6.07, 6.45) is 0. The molecule has 11 aromatic carbocycles. The number of nitrogens with zero attached hydrogens (tertiary/aromatic N) is 1. The summed E-state index contributed by atoms with van der Waals surface area (Å²) in [4.78, 5) is 1.36. The fourth-order valence-electron chi connectivity index (χ4n) is 8.29. The molecule has 0 saturated heterocycles. The van der Waals surface area contributed by atoms with Crippen LogP contribution in [0, 0.1) is 0 Å². The summed E-state index contributed by atoms with van der Waals surface area (Å²) in [6, 6.07) is 62.0. The van der Waals surface area contributed by atoms with Crippen LogP contribution in [0.4, 0.5) is 17.1 Å². The van der Waals surface area contributed by atoms with Crippen LogP contribution in [-0.2, 0) is 0 Å². The lowest BCUT2D eigenvalue weighted by Gasteiger charge is -2.26. The van der Waals surface area contributed by atoms with E-state index in [0.717, 1.165) is 65.7 Å². The number of anilines is 3. The maximum atomic E-state index is 9.64. The van der Waals surface area contributed by atoms with Gasteiger partial charge in [0.2, 0.25) is 0 Å². The predicted molar refractivity (Wildman–Crippen MR) is 261 cm³/mol. The highest BCUT2D eigenvalue weighted by Gasteiger charge is 2.15. The highest BCUT2D eigenvalue weighted by molar-refractivity contribution is 6.08. The minimum Gasteiger partial charge on any atom is -0.311 e. The van der Waals surface area contributed by atoms with Crippen LogP contribution in [0.3, 0.4) is 0 Å². The third kappa shape index (κ3) is 7.03. The molecule has 286 valence electrons. The quantitative estimate of drug-likeness (QED) is 0.139. The monoisotopic (exact) mass is 783 g/mol. The van der Waals surface area contributed by atoms with E-state index in [9.17, 15) is 11.0 Å². The minimum atomic E-state index is -0.398. The molecule has 0 saturated carbocycles. The van der Waals surface area contributed by atoms with Crippen LogP contribution in [-0.4, -0.2) is 0 Å². The van der Waals surface area contributed by atoms with Crippen molar-refractivity contribution < 1.29 is 11.0 Å². The van der Waals surface area contributed by atoms with E-state index in [1.165, 1.54) is 4.90 Å². The van der Waals surface area contributed by atoms with E-state index in [-0.39, 0.29) is 46.7 Å². The molecule has 0 fully saturated rings. The molecule has 61 heavy (non-hydrogen) atoms. The molecule has 0 amide bonds. The Morgan fingerprint density at radius 1 is 0.246 bits per heavy atom. The summed E-state index contributed by atoms with van der Waals surface area (Å²) in [7, 11) is 0. The summed E-state index contributed by atoms with van der Waals surface area (Å²) in [6.45, 7) is 0. The normalized spacial score (nSPS) is 13.1. The Morgan fingerprint density at radius 2 is 0.689 bits per heavy atom. The van der Waals surface area contributed by atoms with Crippen molar-refractivity contribution in [1.82, 2.24) is 0 Å². The standard InChI is InChI=1S/C60H41N/c1-2-11-42(12-3-1)48-16-8-17-49(39-48)43-25-32-54(33-26-43)61(56-36-29-45(30-37-56)51-31-38-60-53(41-51)24-23-47-14-5-7-21-58(47)60)55-34-27-44(28-35-55)50-18-9-19-52(40-50)59-22-10-15-46-13-4-6-20-57(46)59/h1-41H/i25D,26D,29D,30D,32D,33D,36D,37D. The van der Waals surface area contributed by atoms with Gasteiger partial charge < -0.3 is 4.90 Å². The van der Waals surface area contributed by atoms with Gasteiger partial charge in [-0.05, 0) is 142 Å². The molecule has 1 nitrogen and oxygen atoms in total. The second-order valence-corrected chi connectivity index (χ2v) is 15.1. The Hall–Kier alpha value is -8.00. The Morgan fingerprint density at radius 3 is 1.38 bits per heavy atom. The second kappa shape index (κ2) is 15.6. The summed E-state index contributed by atoms with van der Waals surface area (Å²) >= 11 is 0. The van der Waals surface area contributed by atoms with Crippen LogP contribution in [0.25, 0.3) is 88.0 Å². The van der Waals surface area contributed by atoms with Gasteiger partial charge in [0.15, 0.2) is 0 Å². The van der Waals surface area contributed by atoms with Gasteiger partial charge in [0, 0.05) is 17.1 Å². The lowest BCUT2D eigenvalue weighted by atomic mass is 9.95. The van der Waals surface area contributed by atoms with Crippen molar-refractivity contribution in [3.05, 3.63) is 249 Å². The van der Waals surface area contributed by atoms with E-state index >= 15 is 0 Å². The number of hydrogen-bond donors (Lipinski definition) is 0. The maximum absolute atomic E-state index is 9.64. The van der Waals surface area contributed by atoms with Crippen molar-refractivity contribution in [2.24, 2.45) is 0 Å². The molecule has 0 atom stereocenters. The van der Waals surface area contributed by atoms with Crippen LogP contribution in [0.15, 0.2) is 249 Å². The van der Waals surface area contributed by atoms with E-state index in [0.29, 0.717) is 16.8 Å². The largest absolute Gasteiger partial charge is 0.311 e. The molecule has 0 aromatic heterocycles. The van der Waals surface area contributed by atoms with E-state index in [4.69, 9.17) is 0 Å². The molecule has 0 spiro atoms. The van der Waals surface area contributed by atoms with Crippen molar-refractivity contribution >= 4 is 49.4 Å². The van der Waals surface area contributed by atoms with Crippen LogP contribution in [0.1, 0.15) is 11.0 Å². The van der Waals surface area contributed by atoms with Crippen molar-refractivity contribution in [2.45, 2.75) is 0 Å². The molecule has 0 aliphatic heterocycles. The van der Waals surface area contributed by atoms with Crippen molar-refractivity contribution in [1.29, 1.82) is 0 Å². The van der Waals surface area contributed by atoms with Gasteiger partial charge in [-0.1, -0.05) is 194 Å². The third-order valence-electron chi connectivity index (χ3n) is 11.4. The Balaban J connectivity index is 1.07. The Bertz CT molecular complexity index is 3770. The zero-order chi connectivity index (χ0) is 47.5. The third-order valence-corrected chi connectivity index (χ3v) is 11.4. The van der Waals surface area contributed by atoms with Crippen molar-refractivity contribution in [3.8, 4) is 55.6 Å². The molecular formula is C60H41N. The van der Waals surface area contributed by atoms with Gasteiger partial charge in [-0.3, -0.25) is 0 Å². The molecule has 0 bridgehead atoms. The number of rotatable bonds is 8. The lowest BCUT2D eigenvalue weighted by molar-refractivity contribution is 1.28. The van der Waals surface area contributed by atoms with Crippen LogP contribution >= 0.6 is 0 Å². The first-order valence-electron chi connectivity index (χ1n) is 24.3. The average molecular weight is 784 g/mol. The highest BCUT2D eigenvalue weighted by Crippen LogP contribution is 2.39.